The van der Waals surface area contributed by atoms with Crippen molar-refractivity contribution in [1.82, 2.24) is 9.21 Å². The maximum Gasteiger partial charge on any atom is 0.239 e. The maximum atomic E-state index is 12.3. The minimum atomic E-state index is -3.54. The van der Waals surface area contributed by atoms with Crippen LogP contribution in [0.25, 0.3) is 0 Å². The van der Waals surface area contributed by atoms with Crippen LogP contribution in [0.3, 0.4) is 0 Å². The molecule has 2 rings (SSSR count). The van der Waals surface area contributed by atoms with Crippen molar-refractivity contribution >= 4 is 27.5 Å². The molecule has 1 aliphatic rings. The Morgan fingerprint density at radius 2 is 2.00 bits per heavy atom. The number of hydrogen-bond acceptors (Lipinski definition) is 3. The largest absolute Gasteiger partial charge is 0.337 e. The van der Waals surface area contributed by atoms with Gasteiger partial charge in [0.25, 0.3) is 0 Å². The van der Waals surface area contributed by atoms with Crippen molar-refractivity contribution in [2.75, 3.05) is 25.4 Å². The number of carbonyl (C=O) groups excluding carboxylic acids is 1. The second kappa shape index (κ2) is 6.98. The topological polar surface area (TPSA) is 57.7 Å². The van der Waals surface area contributed by atoms with Gasteiger partial charge in [-0.15, -0.1) is 0 Å². The second-order valence-electron chi connectivity index (χ2n) is 5.28. The van der Waals surface area contributed by atoms with Crippen LogP contribution in [-0.2, 0) is 27.8 Å². The Bertz CT molecular complexity index is 657. The van der Waals surface area contributed by atoms with Gasteiger partial charge in [-0.1, -0.05) is 37.6 Å². The van der Waals surface area contributed by atoms with Crippen LogP contribution in [0.2, 0.25) is 5.02 Å². The normalized spacial score (nSPS) is 15.0. The predicted molar refractivity (Wildman–Crippen MR) is 87.3 cm³/mol. The van der Waals surface area contributed by atoms with Crippen LogP contribution >= 0.6 is 11.6 Å². The third-order valence-corrected chi connectivity index (χ3v) is 6.24. The standard InChI is InChI=1S/C15H21ClN2O3S/c1-3-18(4-2)22(20,21)11-15(19)17-9-8-13-12(10-17)6-5-7-14(13)16/h5-7H,3-4,8-11H2,1-2H3. The average molecular weight is 345 g/mol. The number of halogens is 1. The molecule has 0 spiro atoms. The van der Waals surface area contributed by atoms with Gasteiger partial charge in [0.2, 0.25) is 15.9 Å². The summed E-state index contributed by atoms with van der Waals surface area (Å²) in [4.78, 5) is 13.9. The molecule has 122 valence electrons. The first-order valence-electron chi connectivity index (χ1n) is 7.41. The minimum Gasteiger partial charge on any atom is -0.337 e. The molecule has 1 aromatic carbocycles. The Morgan fingerprint density at radius 3 is 2.64 bits per heavy atom. The number of fused-ring (bicyclic) bond motifs is 1. The fourth-order valence-corrected chi connectivity index (χ4v) is 4.48. The van der Waals surface area contributed by atoms with Crippen LogP contribution in [0.5, 0.6) is 0 Å². The molecule has 22 heavy (non-hydrogen) atoms. The highest BCUT2D eigenvalue weighted by Gasteiger charge is 2.28. The Morgan fingerprint density at radius 1 is 1.32 bits per heavy atom. The van der Waals surface area contributed by atoms with Crippen molar-refractivity contribution in [3.63, 3.8) is 0 Å². The molecule has 1 aromatic rings. The van der Waals surface area contributed by atoms with Crippen LogP contribution in [0.15, 0.2) is 18.2 Å². The Balaban J connectivity index is 2.09. The predicted octanol–water partition coefficient (Wildman–Crippen LogP) is 1.90. The number of amides is 1. The third-order valence-electron chi connectivity index (χ3n) is 3.97. The molecular formula is C15H21ClN2O3S. The summed E-state index contributed by atoms with van der Waals surface area (Å²) in [5.74, 6) is -0.817. The summed E-state index contributed by atoms with van der Waals surface area (Å²) in [5, 5.41) is 0.709. The minimum absolute atomic E-state index is 0.350. The highest BCUT2D eigenvalue weighted by Crippen LogP contribution is 2.26. The van der Waals surface area contributed by atoms with E-state index in [9.17, 15) is 13.2 Å². The summed E-state index contributed by atoms with van der Waals surface area (Å²) < 4.78 is 25.7. The van der Waals surface area contributed by atoms with E-state index in [1.807, 2.05) is 18.2 Å². The molecule has 0 bridgehead atoms. The molecule has 7 heteroatoms. The zero-order chi connectivity index (χ0) is 16.3. The van der Waals surface area contributed by atoms with Crippen LogP contribution in [-0.4, -0.2) is 48.9 Å². The average Bonchev–Trinajstić information content (AvgIpc) is 2.47. The number of sulfonamides is 1. The quantitative estimate of drug-likeness (QED) is 0.819. The van der Waals surface area contributed by atoms with E-state index < -0.39 is 15.8 Å². The molecule has 0 fully saturated rings. The number of benzene rings is 1. The van der Waals surface area contributed by atoms with Crippen molar-refractivity contribution in [3.8, 4) is 0 Å². The summed E-state index contributed by atoms with van der Waals surface area (Å²) in [5.41, 5.74) is 2.05. The van der Waals surface area contributed by atoms with Gasteiger partial charge in [0.05, 0.1) is 0 Å². The summed E-state index contributed by atoms with van der Waals surface area (Å²) in [6, 6.07) is 5.62. The van der Waals surface area contributed by atoms with Gasteiger partial charge in [-0.05, 0) is 23.6 Å². The lowest BCUT2D eigenvalue weighted by molar-refractivity contribution is -0.129. The van der Waals surface area contributed by atoms with E-state index in [1.165, 1.54) is 4.31 Å². The second-order valence-corrected chi connectivity index (χ2v) is 7.66. The molecule has 0 N–H and O–H groups in total. The van der Waals surface area contributed by atoms with E-state index in [-0.39, 0.29) is 5.91 Å². The first-order chi connectivity index (χ1) is 10.4. The van der Waals surface area contributed by atoms with Gasteiger partial charge in [0.15, 0.2) is 0 Å². The van der Waals surface area contributed by atoms with Gasteiger partial charge < -0.3 is 4.90 Å². The highest BCUT2D eigenvalue weighted by atomic mass is 35.5. The summed E-state index contributed by atoms with van der Waals surface area (Å²) >= 11 is 6.15. The van der Waals surface area contributed by atoms with E-state index in [1.54, 1.807) is 18.7 Å². The molecule has 0 unspecified atom stereocenters. The lowest BCUT2D eigenvalue weighted by Crippen LogP contribution is -2.43. The maximum absolute atomic E-state index is 12.3. The molecule has 0 radical (unpaired) electrons. The molecule has 0 aliphatic carbocycles. The van der Waals surface area contributed by atoms with E-state index >= 15 is 0 Å². The van der Waals surface area contributed by atoms with Crippen LogP contribution in [0.4, 0.5) is 0 Å². The van der Waals surface area contributed by atoms with Gasteiger partial charge in [0, 0.05) is 31.2 Å². The summed E-state index contributed by atoms with van der Waals surface area (Å²) in [6.45, 7) is 5.22. The molecule has 0 saturated carbocycles. The van der Waals surface area contributed by atoms with Crippen molar-refractivity contribution in [3.05, 3.63) is 34.3 Å². The smallest absolute Gasteiger partial charge is 0.239 e. The number of nitrogens with zero attached hydrogens (tertiary/aromatic N) is 2. The molecule has 1 heterocycles. The molecule has 0 aromatic heterocycles. The van der Waals surface area contributed by atoms with E-state index in [4.69, 9.17) is 11.6 Å². The first kappa shape index (κ1) is 17.2. The van der Waals surface area contributed by atoms with E-state index in [2.05, 4.69) is 0 Å². The highest BCUT2D eigenvalue weighted by molar-refractivity contribution is 7.89. The first-order valence-corrected chi connectivity index (χ1v) is 9.39. The summed E-state index contributed by atoms with van der Waals surface area (Å²) in [6.07, 6.45) is 0.659. The van der Waals surface area contributed by atoms with Crippen molar-refractivity contribution < 1.29 is 13.2 Å². The van der Waals surface area contributed by atoms with Crippen LogP contribution < -0.4 is 0 Å². The molecule has 0 saturated heterocycles. The van der Waals surface area contributed by atoms with Crippen molar-refractivity contribution in [1.29, 1.82) is 0 Å². The molecule has 1 aliphatic heterocycles. The lowest BCUT2D eigenvalue weighted by atomic mass is 10.00. The fraction of sp³-hybridized carbons (Fsp3) is 0.533. The third kappa shape index (κ3) is 3.62. The van der Waals surface area contributed by atoms with Crippen molar-refractivity contribution in [2.45, 2.75) is 26.8 Å². The zero-order valence-electron chi connectivity index (χ0n) is 12.9. The fourth-order valence-electron chi connectivity index (χ4n) is 2.73. The molecule has 0 atom stereocenters. The van der Waals surface area contributed by atoms with Gasteiger partial charge in [-0.25, -0.2) is 12.7 Å². The SMILES string of the molecule is CCN(CC)S(=O)(=O)CC(=O)N1CCc2c(Cl)cccc2C1. The van der Waals surface area contributed by atoms with Crippen LogP contribution in [0, 0.1) is 0 Å². The molecule has 5 nitrogen and oxygen atoms in total. The zero-order valence-corrected chi connectivity index (χ0v) is 14.5. The number of hydrogen-bond donors (Lipinski definition) is 0. The summed E-state index contributed by atoms with van der Waals surface area (Å²) in [7, 11) is -3.54. The van der Waals surface area contributed by atoms with Crippen LogP contribution in [0.1, 0.15) is 25.0 Å². The number of rotatable bonds is 5. The van der Waals surface area contributed by atoms with Gasteiger partial charge >= 0.3 is 0 Å². The van der Waals surface area contributed by atoms with E-state index in [0.717, 1.165) is 11.1 Å². The van der Waals surface area contributed by atoms with Gasteiger partial charge in [0.1, 0.15) is 5.75 Å². The molecule has 1 amide bonds. The lowest BCUT2D eigenvalue weighted by Gasteiger charge is -2.30. The number of carbonyl (C=O) groups is 1. The van der Waals surface area contributed by atoms with E-state index in [0.29, 0.717) is 37.6 Å². The van der Waals surface area contributed by atoms with Gasteiger partial charge in [-0.3, -0.25) is 4.79 Å². The Hall–Kier alpha value is -1.11. The monoisotopic (exact) mass is 344 g/mol. The molecular weight excluding hydrogens is 324 g/mol. The Kier molecular flexibility index (Phi) is 5.47. The van der Waals surface area contributed by atoms with Gasteiger partial charge in [-0.2, -0.15) is 0 Å². The Labute approximate surface area is 136 Å². The van der Waals surface area contributed by atoms with Crippen molar-refractivity contribution in [2.24, 2.45) is 0 Å².